The van der Waals surface area contributed by atoms with Gasteiger partial charge in [0.1, 0.15) is 17.3 Å². The lowest BCUT2D eigenvalue weighted by Crippen LogP contribution is -2.50. The van der Waals surface area contributed by atoms with Gasteiger partial charge in [0.05, 0.1) is 17.8 Å². The quantitative estimate of drug-likeness (QED) is 0.866. The molecule has 8 nitrogen and oxygen atoms in total. The summed E-state index contributed by atoms with van der Waals surface area (Å²) in [5.41, 5.74) is 4.42. The Morgan fingerprint density at radius 3 is 2.68 bits per heavy atom. The Hall–Kier alpha value is -2.16. The monoisotopic (exact) mass is 374 g/mol. The molecular weight excluding hydrogens is 355 g/mol. The summed E-state index contributed by atoms with van der Waals surface area (Å²) < 4.78 is 25.1. The molecule has 0 unspecified atom stereocenters. The topological polar surface area (TPSA) is 108 Å². The highest BCUT2D eigenvalue weighted by Gasteiger charge is 2.36. The van der Waals surface area contributed by atoms with E-state index in [1.54, 1.807) is 20.8 Å². The van der Waals surface area contributed by atoms with Crippen LogP contribution in [0.4, 0.5) is 9.18 Å². The molecule has 2 amide bonds. The fraction of sp³-hybridized carbons (Fsp3) is 0.600. The standard InChI is InChI=1S/C15H20ClFN4O4/c1-15(2,3)25-14(23)21-5-4-10(9(17)7-21)24-13-11(12(18)22)8(16)6-19-20-13/h6,9-10H,4-5,7H2,1-3H3,(H2,18,22)/t9-,10+/m1/s1. The van der Waals surface area contributed by atoms with Crippen molar-refractivity contribution in [2.75, 3.05) is 13.1 Å². The first-order valence-electron chi connectivity index (χ1n) is 7.68. The van der Waals surface area contributed by atoms with Crippen LogP contribution < -0.4 is 10.5 Å². The Morgan fingerprint density at radius 2 is 2.12 bits per heavy atom. The van der Waals surface area contributed by atoms with Gasteiger partial charge in [-0.2, -0.15) is 5.10 Å². The zero-order valence-corrected chi connectivity index (χ0v) is 14.9. The van der Waals surface area contributed by atoms with Crippen molar-refractivity contribution in [1.29, 1.82) is 0 Å². The molecule has 10 heteroatoms. The minimum absolute atomic E-state index is 0.0286. The normalized spacial score (nSPS) is 20.9. The number of piperidine rings is 1. The number of amides is 2. The SMILES string of the molecule is CC(C)(C)OC(=O)N1CC[C@H](Oc2nncc(Cl)c2C(N)=O)[C@H](F)C1. The molecule has 2 atom stereocenters. The first kappa shape index (κ1) is 19.2. The number of aromatic nitrogens is 2. The molecule has 0 bridgehead atoms. The van der Waals surface area contributed by atoms with Crippen LogP contribution >= 0.6 is 11.6 Å². The van der Waals surface area contributed by atoms with Crippen LogP contribution in [-0.4, -0.2) is 58.1 Å². The molecular formula is C15H20ClFN4O4. The van der Waals surface area contributed by atoms with E-state index in [-0.39, 0.29) is 36.0 Å². The predicted octanol–water partition coefficient (Wildman–Crippen LogP) is 1.96. The highest BCUT2D eigenvalue weighted by Crippen LogP contribution is 2.26. The van der Waals surface area contributed by atoms with Gasteiger partial charge >= 0.3 is 6.09 Å². The van der Waals surface area contributed by atoms with E-state index in [0.29, 0.717) is 0 Å². The lowest BCUT2D eigenvalue weighted by atomic mass is 10.1. The third-order valence-corrected chi connectivity index (χ3v) is 3.70. The van der Waals surface area contributed by atoms with Crippen molar-refractivity contribution in [3.05, 3.63) is 16.8 Å². The Bertz CT molecular complexity index is 667. The van der Waals surface area contributed by atoms with Gasteiger partial charge in [-0.25, -0.2) is 9.18 Å². The Labute approximate surface area is 149 Å². The maximum atomic E-state index is 14.4. The number of hydrogen-bond donors (Lipinski definition) is 1. The Kier molecular flexibility index (Phi) is 5.66. The number of alkyl halides is 1. The minimum Gasteiger partial charge on any atom is -0.469 e. The summed E-state index contributed by atoms with van der Waals surface area (Å²) in [4.78, 5) is 24.7. The number of halogens is 2. The van der Waals surface area contributed by atoms with Crippen molar-refractivity contribution >= 4 is 23.6 Å². The Balaban J connectivity index is 2.05. The van der Waals surface area contributed by atoms with Crippen molar-refractivity contribution in [3.63, 3.8) is 0 Å². The van der Waals surface area contributed by atoms with Crippen molar-refractivity contribution in [3.8, 4) is 5.88 Å². The molecule has 1 aromatic heterocycles. The number of carbonyl (C=O) groups is 2. The highest BCUT2D eigenvalue weighted by molar-refractivity contribution is 6.33. The minimum atomic E-state index is -1.50. The third kappa shape index (κ3) is 4.91. The van der Waals surface area contributed by atoms with Crippen molar-refractivity contribution in [2.24, 2.45) is 5.73 Å². The van der Waals surface area contributed by atoms with E-state index in [4.69, 9.17) is 26.8 Å². The average Bonchev–Trinajstić information content (AvgIpc) is 2.47. The molecule has 138 valence electrons. The van der Waals surface area contributed by atoms with Crippen molar-refractivity contribution in [1.82, 2.24) is 15.1 Å². The second-order valence-electron chi connectivity index (χ2n) is 6.62. The molecule has 1 fully saturated rings. The van der Waals surface area contributed by atoms with E-state index in [9.17, 15) is 14.0 Å². The molecule has 1 aromatic rings. The van der Waals surface area contributed by atoms with Crippen LogP contribution in [0.3, 0.4) is 0 Å². The van der Waals surface area contributed by atoms with Crippen LogP contribution in [0.5, 0.6) is 5.88 Å². The summed E-state index contributed by atoms with van der Waals surface area (Å²) in [6, 6.07) is 0. The highest BCUT2D eigenvalue weighted by atomic mass is 35.5. The Morgan fingerprint density at radius 1 is 1.44 bits per heavy atom. The molecule has 0 aromatic carbocycles. The summed E-state index contributed by atoms with van der Waals surface area (Å²) in [6.45, 7) is 5.24. The van der Waals surface area contributed by atoms with Crippen LogP contribution in [0.15, 0.2) is 6.20 Å². The first-order chi connectivity index (χ1) is 11.6. The zero-order chi connectivity index (χ0) is 18.8. The van der Waals surface area contributed by atoms with Crippen LogP contribution in [0.25, 0.3) is 0 Å². The molecule has 25 heavy (non-hydrogen) atoms. The molecule has 1 aliphatic heterocycles. The molecule has 0 saturated carbocycles. The summed E-state index contributed by atoms with van der Waals surface area (Å²) in [5.74, 6) is -1.07. The second-order valence-corrected chi connectivity index (χ2v) is 7.03. The van der Waals surface area contributed by atoms with Gasteiger partial charge in [-0.15, -0.1) is 5.10 Å². The van der Waals surface area contributed by atoms with Gasteiger partial charge in [-0.3, -0.25) is 4.79 Å². The number of nitrogens with zero attached hydrogens (tertiary/aromatic N) is 3. The molecule has 1 saturated heterocycles. The molecule has 2 rings (SSSR count). The third-order valence-electron chi connectivity index (χ3n) is 3.42. The van der Waals surface area contributed by atoms with Crippen LogP contribution in [0.1, 0.15) is 37.6 Å². The van der Waals surface area contributed by atoms with Crippen LogP contribution in [0.2, 0.25) is 5.02 Å². The molecule has 2 N–H and O–H groups in total. The van der Waals surface area contributed by atoms with Crippen molar-refractivity contribution in [2.45, 2.75) is 45.1 Å². The van der Waals surface area contributed by atoms with Gasteiger partial charge in [0, 0.05) is 13.0 Å². The van der Waals surface area contributed by atoms with Gasteiger partial charge in [-0.1, -0.05) is 11.6 Å². The summed E-state index contributed by atoms with van der Waals surface area (Å²) in [6.07, 6.45) is -1.67. The lowest BCUT2D eigenvalue weighted by molar-refractivity contribution is -0.0117. The smallest absolute Gasteiger partial charge is 0.410 e. The lowest BCUT2D eigenvalue weighted by Gasteiger charge is -2.35. The van der Waals surface area contributed by atoms with Crippen molar-refractivity contribution < 1.29 is 23.5 Å². The van der Waals surface area contributed by atoms with E-state index in [0.717, 1.165) is 6.20 Å². The number of nitrogens with two attached hydrogens (primary N) is 1. The van der Waals surface area contributed by atoms with Gasteiger partial charge in [0.15, 0.2) is 6.17 Å². The number of hydrogen-bond acceptors (Lipinski definition) is 6. The predicted molar refractivity (Wildman–Crippen MR) is 87.3 cm³/mol. The number of likely N-dealkylation sites (tertiary alicyclic amines) is 1. The fourth-order valence-corrected chi connectivity index (χ4v) is 2.52. The first-order valence-corrected chi connectivity index (χ1v) is 8.06. The number of ether oxygens (including phenoxy) is 2. The summed E-state index contributed by atoms with van der Waals surface area (Å²) >= 11 is 5.86. The van der Waals surface area contributed by atoms with E-state index < -0.39 is 29.9 Å². The summed E-state index contributed by atoms with van der Waals surface area (Å²) in [7, 11) is 0. The fourth-order valence-electron chi connectivity index (χ4n) is 2.31. The van der Waals surface area contributed by atoms with Gasteiger partial charge < -0.3 is 20.1 Å². The molecule has 0 radical (unpaired) electrons. The molecule has 0 aliphatic carbocycles. The van der Waals surface area contributed by atoms with Gasteiger partial charge in [0.2, 0.25) is 5.88 Å². The average molecular weight is 375 g/mol. The number of carbonyl (C=O) groups excluding carboxylic acids is 2. The van der Waals surface area contributed by atoms with E-state index in [1.165, 1.54) is 4.90 Å². The maximum absolute atomic E-state index is 14.4. The van der Waals surface area contributed by atoms with Gasteiger partial charge in [0.25, 0.3) is 5.91 Å². The number of rotatable bonds is 3. The second kappa shape index (κ2) is 7.38. The van der Waals surface area contributed by atoms with E-state index in [2.05, 4.69) is 10.2 Å². The maximum Gasteiger partial charge on any atom is 0.410 e. The number of primary amides is 1. The molecule has 0 spiro atoms. The molecule has 2 heterocycles. The zero-order valence-electron chi connectivity index (χ0n) is 14.2. The largest absolute Gasteiger partial charge is 0.469 e. The van der Waals surface area contributed by atoms with E-state index in [1.807, 2.05) is 0 Å². The van der Waals surface area contributed by atoms with Gasteiger partial charge in [-0.05, 0) is 20.8 Å². The van der Waals surface area contributed by atoms with E-state index >= 15 is 0 Å². The molecule has 1 aliphatic rings. The van der Waals surface area contributed by atoms with Crippen LogP contribution in [0, 0.1) is 0 Å². The summed E-state index contributed by atoms with van der Waals surface area (Å²) in [5, 5.41) is 7.21. The van der Waals surface area contributed by atoms with Crippen LogP contribution in [-0.2, 0) is 4.74 Å².